The second kappa shape index (κ2) is 14.3. The van der Waals surface area contributed by atoms with Crippen LogP contribution in [0.2, 0.25) is 0 Å². The van der Waals surface area contributed by atoms with Gasteiger partial charge in [-0.2, -0.15) is 18.4 Å². The number of carbonyl (C=O) groups excluding carboxylic acids is 2. The van der Waals surface area contributed by atoms with Crippen molar-refractivity contribution in [2.45, 2.75) is 38.1 Å². The molecule has 1 fully saturated rings. The van der Waals surface area contributed by atoms with Gasteiger partial charge < -0.3 is 29.7 Å². The van der Waals surface area contributed by atoms with Gasteiger partial charge in [0.25, 0.3) is 0 Å². The summed E-state index contributed by atoms with van der Waals surface area (Å²) >= 11 is 0. The van der Waals surface area contributed by atoms with Gasteiger partial charge in [-0.15, -0.1) is 0 Å². The average Bonchev–Trinajstić information content (AvgIpc) is 2.94. The Balaban J connectivity index is 1.43. The first-order valence-corrected chi connectivity index (χ1v) is 14.6. The number of halogens is 4. The van der Waals surface area contributed by atoms with Crippen LogP contribution in [0.15, 0.2) is 36.4 Å². The number of nitrogens with zero attached hydrogens (tertiary/aromatic N) is 6. The van der Waals surface area contributed by atoms with E-state index in [1.807, 2.05) is 25.1 Å². The van der Waals surface area contributed by atoms with Crippen molar-refractivity contribution in [3.05, 3.63) is 59.1 Å². The second-order valence-electron chi connectivity index (χ2n) is 11.4. The van der Waals surface area contributed by atoms with Crippen molar-refractivity contribution in [3.63, 3.8) is 0 Å². The lowest BCUT2D eigenvalue weighted by atomic mass is 10.0. The van der Waals surface area contributed by atoms with Crippen molar-refractivity contribution in [1.82, 2.24) is 14.8 Å². The highest BCUT2D eigenvalue weighted by Gasteiger charge is 2.37. The van der Waals surface area contributed by atoms with Crippen molar-refractivity contribution in [2.24, 2.45) is 0 Å². The molecule has 1 saturated heterocycles. The zero-order chi connectivity index (χ0) is 32.9. The first-order chi connectivity index (χ1) is 21.3. The molecule has 1 aromatic carbocycles. The Labute approximate surface area is 259 Å². The molecule has 2 aromatic rings. The van der Waals surface area contributed by atoms with Crippen LogP contribution in [0.1, 0.15) is 29.7 Å². The SMILES string of the molecule is Cc1cc(C(F)(F)F)c(C#N)c(NC2CCN(CCCOC3CN(C(=O)C=CCN(C)C)C3)c3c(F)cccc3N(C)C2=O)n1. The summed E-state index contributed by atoms with van der Waals surface area (Å²) < 4.78 is 62.2. The van der Waals surface area contributed by atoms with Gasteiger partial charge in [0.05, 0.1) is 23.0 Å². The monoisotopic (exact) mass is 631 g/mol. The predicted molar refractivity (Wildman–Crippen MR) is 161 cm³/mol. The number of carbonyl (C=O) groups is 2. The minimum absolute atomic E-state index is 0.0317. The molecule has 4 rings (SSSR count). The van der Waals surface area contributed by atoms with Gasteiger partial charge in [-0.25, -0.2) is 9.37 Å². The molecule has 0 aliphatic carbocycles. The first kappa shape index (κ1) is 33.7. The number of hydrogen-bond donors (Lipinski definition) is 1. The number of amides is 2. The Bertz CT molecular complexity index is 1470. The van der Waals surface area contributed by atoms with Crippen LogP contribution in [0, 0.1) is 24.1 Å². The normalized spacial score (nSPS) is 17.6. The Morgan fingerprint density at radius 3 is 2.69 bits per heavy atom. The van der Waals surface area contributed by atoms with Gasteiger partial charge >= 0.3 is 6.18 Å². The van der Waals surface area contributed by atoms with Crippen LogP contribution in [0.5, 0.6) is 0 Å². The molecular weight excluding hydrogens is 594 g/mol. The fourth-order valence-corrected chi connectivity index (χ4v) is 5.30. The van der Waals surface area contributed by atoms with E-state index in [-0.39, 0.29) is 42.2 Å². The molecule has 2 aliphatic rings. The fourth-order valence-electron chi connectivity index (χ4n) is 5.30. The third-order valence-electron chi connectivity index (χ3n) is 7.65. The smallest absolute Gasteiger partial charge is 0.374 e. The zero-order valence-corrected chi connectivity index (χ0v) is 25.7. The van der Waals surface area contributed by atoms with Gasteiger partial charge in [-0.3, -0.25) is 9.59 Å². The van der Waals surface area contributed by atoms with Crippen LogP contribution >= 0.6 is 0 Å². The number of benzene rings is 1. The Morgan fingerprint density at radius 2 is 2.02 bits per heavy atom. The summed E-state index contributed by atoms with van der Waals surface area (Å²) in [7, 11) is 5.30. The molecule has 1 unspecified atom stereocenters. The topological polar surface area (TPSA) is 105 Å². The molecule has 0 radical (unpaired) electrons. The molecule has 10 nitrogen and oxygen atoms in total. The van der Waals surface area contributed by atoms with E-state index >= 15 is 4.39 Å². The van der Waals surface area contributed by atoms with E-state index in [0.29, 0.717) is 44.9 Å². The van der Waals surface area contributed by atoms with Gasteiger partial charge in [0.15, 0.2) is 0 Å². The summed E-state index contributed by atoms with van der Waals surface area (Å²) in [6.45, 7) is 3.94. The average molecular weight is 632 g/mol. The van der Waals surface area contributed by atoms with Gasteiger partial charge in [-0.1, -0.05) is 12.1 Å². The van der Waals surface area contributed by atoms with E-state index in [9.17, 15) is 28.0 Å². The first-order valence-electron chi connectivity index (χ1n) is 14.6. The highest BCUT2D eigenvalue weighted by atomic mass is 19.4. The van der Waals surface area contributed by atoms with Gasteiger partial charge in [0.1, 0.15) is 29.3 Å². The number of alkyl halides is 3. The van der Waals surface area contributed by atoms with Crippen LogP contribution in [-0.2, 0) is 20.5 Å². The molecule has 0 bridgehead atoms. The molecule has 14 heteroatoms. The van der Waals surface area contributed by atoms with Gasteiger partial charge in [-0.05, 0) is 52.1 Å². The van der Waals surface area contributed by atoms with E-state index in [4.69, 9.17) is 4.74 Å². The summed E-state index contributed by atoms with van der Waals surface area (Å²) in [5.74, 6) is -1.43. The van der Waals surface area contributed by atoms with Crippen molar-refractivity contribution < 1.29 is 31.9 Å². The Kier molecular flexibility index (Phi) is 10.7. The second-order valence-corrected chi connectivity index (χ2v) is 11.4. The number of nitrogens with one attached hydrogen (secondary N) is 1. The molecule has 1 N–H and O–H groups in total. The van der Waals surface area contributed by atoms with Crippen molar-refractivity contribution in [2.75, 3.05) is 75.6 Å². The summed E-state index contributed by atoms with van der Waals surface area (Å²) in [5.41, 5.74) is -1.27. The van der Waals surface area contributed by atoms with Crippen LogP contribution in [0.4, 0.5) is 34.8 Å². The lowest BCUT2D eigenvalue weighted by Gasteiger charge is -2.38. The number of rotatable bonds is 10. The molecular formula is C31H37F4N7O3. The lowest BCUT2D eigenvalue weighted by Crippen LogP contribution is -2.54. The van der Waals surface area contributed by atoms with E-state index in [2.05, 4.69) is 10.3 Å². The van der Waals surface area contributed by atoms with E-state index in [0.717, 1.165) is 6.07 Å². The minimum atomic E-state index is -4.79. The maximum Gasteiger partial charge on any atom is 0.417 e. The zero-order valence-electron chi connectivity index (χ0n) is 25.7. The number of pyridine rings is 1. The summed E-state index contributed by atoms with van der Waals surface area (Å²) in [4.78, 5) is 36.5. The molecule has 242 valence electrons. The summed E-state index contributed by atoms with van der Waals surface area (Å²) in [6.07, 6.45) is -0.906. The maximum atomic E-state index is 15.2. The third kappa shape index (κ3) is 8.09. The number of fused-ring (bicyclic) bond motifs is 1. The Hall–Kier alpha value is -4.22. The largest absolute Gasteiger partial charge is 0.417 e. The number of para-hydroxylation sites is 1. The number of likely N-dealkylation sites (N-methyl/N-ethyl adjacent to an activating group) is 2. The number of nitriles is 1. The predicted octanol–water partition coefficient (Wildman–Crippen LogP) is 3.81. The summed E-state index contributed by atoms with van der Waals surface area (Å²) in [6, 6.07) is 5.71. The highest BCUT2D eigenvalue weighted by Crippen LogP contribution is 2.37. The van der Waals surface area contributed by atoms with Crippen LogP contribution in [0.3, 0.4) is 0 Å². The molecule has 0 spiro atoms. The molecule has 1 aromatic heterocycles. The van der Waals surface area contributed by atoms with Crippen LogP contribution in [0.25, 0.3) is 0 Å². The molecule has 1 atom stereocenters. The number of anilines is 3. The Morgan fingerprint density at radius 1 is 1.29 bits per heavy atom. The van der Waals surface area contributed by atoms with E-state index < -0.39 is 35.1 Å². The van der Waals surface area contributed by atoms with Crippen molar-refractivity contribution in [1.29, 1.82) is 5.26 Å². The van der Waals surface area contributed by atoms with Crippen molar-refractivity contribution >= 4 is 29.0 Å². The fraction of sp³-hybridized carbons (Fsp3) is 0.484. The van der Waals surface area contributed by atoms with Crippen LogP contribution < -0.4 is 15.1 Å². The standard InChI is InChI=1S/C31H37F4N7O3/c1-20-16-23(31(33,34)35)22(17-36)29(37-20)38-25-11-14-41(28-24(32)8-5-9-26(28)40(4)30(25)44)13-7-15-45-21-18-42(19-21)27(43)10-6-12-39(2)3/h5-6,8-10,16,21,25H,7,11-15,18-19H2,1-4H3,(H,37,38). The number of aromatic nitrogens is 1. The highest BCUT2D eigenvalue weighted by molar-refractivity contribution is 6.01. The number of hydrogen-bond acceptors (Lipinski definition) is 8. The number of likely N-dealkylation sites (tertiary alicyclic amines) is 1. The summed E-state index contributed by atoms with van der Waals surface area (Å²) in [5, 5.41) is 12.4. The molecule has 3 heterocycles. The maximum absolute atomic E-state index is 15.2. The van der Waals surface area contributed by atoms with E-state index in [1.165, 1.54) is 31.0 Å². The van der Waals surface area contributed by atoms with E-state index in [1.54, 1.807) is 28.0 Å². The molecule has 2 aliphatic heterocycles. The van der Waals surface area contributed by atoms with Crippen LogP contribution in [-0.4, -0.2) is 99.2 Å². The molecule has 45 heavy (non-hydrogen) atoms. The number of aryl methyl sites for hydroxylation is 1. The minimum Gasteiger partial charge on any atom is -0.374 e. The molecule has 2 amide bonds. The van der Waals surface area contributed by atoms with Crippen molar-refractivity contribution in [3.8, 4) is 6.07 Å². The van der Waals surface area contributed by atoms with Gasteiger partial charge in [0, 0.05) is 58.1 Å². The lowest BCUT2D eigenvalue weighted by molar-refractivity contribution is -0.139. The third-order valence-corrected chi connectivity index (χ3v) is 7.65. The number of ether oxygens (including phenoxy) is 1. The quantitative estimate of drug-likeness (QED) is 0.240. The van der Waals surface area contributed by atoms with Gasteiger partial charge in [0.2, 0.25) is 11.8 Å². The molecule has 0 saturated carbocycles.